The maximum Gasteiger partial charge on any atom is 0.0786 e. The number of hydrogen-bond acceptors (Lipinski definition) is 3. The standard InChI is InChI=1S/C24H34O3/c1-18(19-10-6-5-7-11-19)22(26)14-13-21-20(23-15-16-24(21)27-23)12-8-3-2-4-9-17-25/h4-7,9-11,13-14,18,20-26H,2-3,8,12,15-17H2,1H3. The van der Waals surface area contributed by atoms with Crippen molar-refractivity contribution in [2.24, 2.45) is 11.8 Å². The zero-order chi connectivity index (χ0) is 19.1. The second-order valence-corrected chi connectivity index (χ2v) is 8.04. The van der Waals surface area contributed by atoms with Gasteiger partial charge in [0.2, 0.25) is 0 Å². The lowest BCUT2D eigenvalue weighted by molar-refractivity contribution is 0.0884. The molecule has 0 saturated carbocycles. The Morgan fingerprint density at radius 1 is 1.11 bits per heavy atom. The summed E-state index contributed by atoms with van der Waals surface area (Å²) < 4.78 is 6.19. The summed E-state index contributed by atoms with van der Waals surface area (Å²) in [5, 5.41) is 19.4. The first-order chi connectivity index (χ1) is 13.2. The van der Waals surface area contributed by atoms with Gasteiger partial charge in [0.1, 0.15) is 0 Å². The van der Waals surface area contributed by atoms with E-state index in [2.05, 4.69) is 31.2 Å². The van der Waals surface area contributed by atoms with Crippen molar-refractivity contribution in [1.82, 2.24) is 0 Å². The third-order valence-corrected chi connectivity index (χ3v) is 6.28. The van der Waals surface area contributed by atoms with E-state index in [-0.39, 0.29) is 12.5 Å². The van der Waals surface area contributed by atoms with Crippen molar-refractivity contribution in [3.8, 4) is 0 Å². The Hall–Kier alpha value is -1.42. The Bertz CT molecular complexity index is 609. The topological polar surface area (TPSA) is 49.7 Å². The first-order valence-corrected chi connectivity index (χ1v) is 10.5. The lowest BCUT2D eigenvalue weighted by atomic mass is 9.76. The largest absolute Gasteiger partial charge is 0.392 e. The predicted octanol–water partition coefficient (Wildman–Crippen LogP) is 4.61. The third kappa shape index (κ3) is 5.31. The highest BCUT2D eigenvalue weighted by Gasteiger charge is 2.47. The SMILES string of the molecule is CC(c1ccccc1)C(O)C=CC1C2CCC(O2)C1CCCCC=CCO. The van der Waals surface area contributed by atoms with Gasteiger partial charge in [0.15, 0.2) is 0 Å². The smallest absolute Gasteiger partial charge is 0.0786 e. The van der Waals surface area contributed by atoms with Crippen LogP contribution in [0.3, 0.4) is 0 Å². The average molecular weight is 371 g/mol. The molecule has 3 heteroatoms. The van der Waals surface area contributed by atoms with Gasteiger partial charge in [0.25, 0.3) is 0 Å². The molecule has 1 aromatic rings. The molecule has 1 aromatic carbocycles. The maximum absolute atomic E-state index is 10.6. The highest BCUT2D eigenvalue weighted by molar-refractivity contribution is 5.22. The fourth-order valence-corrected chi connectivity index (χ4v) is 4.65. The average Bonchev–Trinajstić information content (AvgIpc) is 3.30. The van der Waals surface area contributed by atoms with Crippen molar-refractivity contribution in [2.75, 3.05) is 6.61 Å². The Morgan fingerprint density at radius 3 is 2.67 bits per heavy atom. The molecule has 0 aromatic heterocycles. The van der Waals surface area contributed by atoms with E-state index in [4.69, 9.17) is 9.84 Å². The molecule has 0 amide bonds. The number of fused-ring (bicyclic) bond motifs is 2. The second kappa shape index (κ2) is 10.2. The van der Waals surface area contributed by atoms with E-state index in [9.17, 15) is 5.11 Å². The molecular weight excluding hydrogens is 336 g/mol. The number of rotatable bonds is 10. The van der Waals surface area contributed by atoms with E-state index in [1.165, 1.54) is 24.8 Å². The number of allylic oxidation sites excluding steroid dienone is 1. The van der Waals surface area contributed by atoms with Gasteiger partial charge in [-0.05, 0) is 43.6 Å². The van der Waals surface area contributed by atoms with Gasteiger partial charge in [-0.3, -0.25) is 0 Å². The van der Waals surface area contributed by atoms with E-state index in [1.54, 1.807) is 0 Å². The number of hydrogen-bond donors (Lipinski definition) is 2. The minimum Gasteiger partial charge on any atom is -0.392 e. The van der Waals surface area contributed by atoms with E-state index < -0.39 is 6.10 Å². The molecule has 0 spiro atoms. The van der Waals surface area contributed by atoms with Crippen molar-refractivity contribution in [1.29, 1.82) is 0 Å². The van der Waals surface area contributed by atoms with Crippen LogP contribution >= 0.6 is 0 Å². The Balaban J connectivity index is 1.53. The summed E-state index contributed by atoms with van der Waals surface area (Å²) in [4.78, 5) is 0. The van der Waals surface area contributed by atoms with E-state index >= 15 is 0 Å². The first-order valence-electron chi connectivity index (χ1n) is 10.5. The van der Waals surface area contributed by atoms with E-state index in [0.29, 0.717) is 24.0 Å². The van der Waals surface area contributed by atoms with Crippen LogP contribution in [0.1, 0.15) is 56.9 Å². The summed E-state index contributed by atoms with van der Waals surface area (Å²) in [7, 11) is 0. The Morgan fingerprint density at radius 2 is 1.89 bits per heavy atom. The van der Waals surface area contributed by atoms with Gasteiger partial charge in [-0.2, -0.15) is 0 Å². The van der Waals surface area contributed by atoms with Crippen LogP contribution in [0.2, 0.25) is 0 Å². The summed E-state index contributed by atoms with van der Waals surface area (Å²) in [6.45, 7) is 2.22. The van der Waals surface area contributed by atoms with Crippen LogP contribution < -0.4 is 0 Å². The van der Waals surface area contributed by atoms with Crippen molar-refractivity contribution in [3.63, 3.8) is 0 Å². The monoisotopic (exact) mass is 370 g/mol. The van der Waals surface area contributed by atoms with Gasteiger partial charge in [0.05, 0.1) is 24.9 Å². The number of aliphatic hydroxyl groups is 2. The maximum atomic E-state index is 10.6. The van der Waals surface area contributed by atoms with Crippen LogP contribution in [0.15, 0.2) is 54.6 Å². The minimum absolute atomic E-state index is 0.0960. The van der Waals surface area contributed by atoms with Gasteiger partial charge in [-0.15, -0.1) is 0 Å². The fraction of sp³-hybridized carbons (Fsp3) is 0.583. The molecule has 148 valence electrons. The molecule has 27 heavy (non-hydrogen) atoms. The van der Waals surface area contributed by atoms with Gasteiger partial charge < -0.3 is 14.9 Å². The lowest BCUT2D eigenvalue weighted by Gasteiger charge is -2.26. The van der Waals surface area contributed by atoms with Gasteiger partial charge in [-0.25, -0.2) is 0 Å². The predicted molar refractivity (Wildman–Crippen MR) is 110 cm³/mol. The normalized spacial score (nSPS) is 29.7. The van der Waals surface area contributed by atoms with Crippen molar-refractivity contribution in [2.45, 2.75) is 69.7 Å². The Kier molecular flexibility index (Phi) is 7.69. The van der Waals surface area contributed by atoms with Crippen LogP contribution in [-0.4, -0.2) is 35.1 Å². The van der Waals surface area contributed by atoms with Crippen LogP contribution in [0, 0.1) is 11.8 Å². The molecule has 3 nitrogen and oxygen atoms in total. The molecule has 6 atom stereocenters. The summed E-state index contributed by atoms with van der Waals surface area (Å²) in [6, 6.07) is 10.2. The van der Waals surface area contributed by atoms with Gasteiger partial charge in [0, 0.05) is 11.8 Å². The second-order valence-electron chi connectivity index (χ2n) is 8.04. The molecular formula is C24H34O3. The van der Waals surface area contributed by atoms with Crippen LogP contribution in [0.4, 0.5) is 0 Å². The fourth-order valence-electron chi connectivity index (χ4n) is 4.65. The summed E-state index contributed by atoms with van der Waals surface area (Å²) in [5.41, 5.74) is 1.17. The molecule has 0 aliphatic carbocycles. The number of unbranched alkanes of at least 4 members (excludes halogenated alkanes) is 2. The van der Waals surface area contributed by atoms with Crippen LogP contribution in [-0.2, 0) is 4.74 Å². The summed E-state index contributed by atoms with van der Waals surface area (Å²) in [6.07, 6.45) is 15.3. The Labute approximate surface area is 163 Å². The highest BCUT2D eigenvalue weighted by atomic mass is 16.5. The van der Waals surface area contributed by atoms with Crippen molar-refractivity contribution < 1.29 is 14.9 Å². The molecule has 2 bridgehead atoms. The number of aliphatic hydroxyl groups excluding tert-OH is 2. The third-order valence-electron chi connectivity index (χ3n) is 6.28. The minimum atomic E-state index is -0.462. The van der Waals surface area contributed by atoms with Gasteiger partial charge >= 0.3 is 0 Å². The molecule has 2 heterocycles. The van der Waals surface area contributed by atoms with Crippen LogP contribution in [0.5, 0.6) is 0 Å². The van der Waals surface area contributed by atoms with Crippen LogP contribution in [0.25, 0.3) is 0 Å². The highest BCUT2D eigenvalue weighted by Crippen LogP contribution is 2.46. The van der Waals surface area contributed by atoms with Gasteiger partial charge in [-0.1, -0.05) is 68.0 Å². The van der Waals surface area contributed by atoms with E-state index in [0.717, 1.165) is 19.3 Å². The molecule has 6 unspecified atom stereocenters. The summed E-state index contributed by atoms with van der Waals surface area (Å²) >= 11 is 0. The van der Waals surface area contributed by atoms with E-state index in [1.807, 2.05) is 30.4 Å². The van der Waals surface area contributed by atoms with Crippen molar-refractivity contribution >= 4 is 0 Å². The zero-order valence-corrected chi connectivity index (χ0v) is 16.4. The van der Waals surface area contributed by atoms with Crippen molar-refractivity contribution in [3.05, 3.63) is 60.2 Å². The lowest BCUT2D eigenvalue weighted by Crippen LogP contribution is -2.26. The molecule has 2 aliphatic rings. The molecule has 2 saturated heterocycles. The first kappa shape index (κ1) is 20.3. The molecule has 2 aliphatic heterocycles. The zero-order valence-electron chi connectivity index (χ0n) is 16.4. The molecule has 3 rings (SSSR count). The molecule has 2 N–H and O–H groups in total. The molecule has 0 radical (unpaired) electrons. The number of ether oxygens (including phenoxy) is 1. The summed E-state index contributed by atoms with van der Waals surface area (Å²) in [5.74, 6) is 1.12. The molecule has 2 fully saturated rings. The quantitative estimate of drug-likeness (QED) is 0.467. The number of benzene rings is 1.